The van der Waals surface area contributed by atoms with Gasteiger partial charge in [-0.2, -0.15) is 0 Å². The molecule has 0 amide bonds. The quantitative estimate of drug-likeness (QED) is 0.581. The van der Waals surface area contributed by atoms with Crippen LogP contribution in [0.15, 0.2) is 12.4 Å². The average molecular weight is 239 g/mol. The van der Waals surface area contributed by atoms with Crippen LogP contribution in [-0.4, -0.2) is 15.6 Å². The van der Waals surface area contributed by atoms with Crippen LogP contribution in [0.3, 0.4) is 0 Å². The van der Waals surface area contributed by atoms with E-state index in [-0.39, 0.29) is 22.7 Å². The molecule has 0 aromatic rings. The van der Waals surface area contributed by atoms with E-state index in [4.69, 9.17) is 10.4 Å². The molecule has 0 saturated heterocycles. The van der Waals surface area contributed by atoms with E-state index >= 15 is 0 Å². The summed E-state index contributed by atoms with van der Waals surface area (Å²) in [6.45, 7) is 8.40. The van der Waals surface area contributed by atoms with E-state index in [1.807, 2.05) is 0 Å². The van der Waals surface area contributed by atoms with Gasteiger partial charge in [0.15, 0.2) is 0 Å². The van der Waals surface area contributed by atoms with Gasteiger partial charge < -0.3 is 21.0 Å². The topological polar surface area (TPSA) is 87.8 Å². The van der Waals surface area contributed by atoms with E-state index in [0.29, 0.717) is 10.1 Å². The fourth-order valence-corrected chi connectivity index (χ4v) is 1.99. The molecule has 0 bridgehead atoms. The molecule has 2 unspecified atom stereocenters. The van der Waals surface area contributed by atoms with Gasteiger partial charge in [0.25, 0.3) is 0 Å². The molecule has 0 radical (unpaired) electrons. The first kappa shape index (κ1) is 14.0. The summed E-state index contributed by atoms with van der Waals surface area (Å²) < 4.78 is 4.81. The molecule has 0 spiro atoms. The van der Waals surface area contributed by atoms with Gasteiger partial charge in [-0.3, -0.25) is 9.85 Å². The summed E-state index contributed by atoms with van der Waals surface area (Å²) in [4.78, 5) is 0.509. The predicted molar refractivity (Wildman–Crippen MR) is 61.2 cm³/mol. The number of rotatable bonds is 5. The van der Waals surface area contributed by atoms with Crippen molar-refractivity contribution >= 4 is 16.9 Å². The van der Waals surface area contributed by atoms with E-state index in [2.05, 4.69) is 6.58 Å². The molecule has 84 valence electrons. The number of hydroxylamine groups is 3. The van der Waals surface area contributed by atoms with Crippen LogP contribution in [0.25, 0.3) is 0 Å². The summed E-state index contributed by atoms with van der Waals surface area (Å²) in [5.41, 5.74) is 4.50. The van der Waals surface area contributed by atoms with Crippen molar-refractivity contribution in [1.82, 2.24) is 10.1 Å². The van der Waals surface area contributed by atoms with E-state index in [1.54, 1.807) is 20.8 Å². The summed E-state index contributed by atoms with van der Waals surface area (Å²) >= 11 is 0. The van der Waals surface area contributed by atoms with Gasteiger partial charge in [-0.15, -0.1) is 0 Å². The van der Waals surface area contributed by atoms with Gasteiger partial charge in [-0.1, -0.05) is 6.58 Å². The molecule has 2 atom stereocenters. The normalized spacial score (nSPS) is 13.6. The molecule has 2 N–H and O–H groups in total. The molecule has 0 aromatic heterocycles. The summed E-state index contributed by atoms with van der Waals surface area (Å²) in [5.74, 6) is -0.0763. The van der Waals surface area contributed by atoms with Gasteiger partial charge >= 0.3 is 0 Å². The maximum absolute atomic E-state index is 11.1. The van der Waals surface area contributed by atoms with Gasteiger partial charge in [0.2, 0.25) is 0 Å². The van der Waals surface area contributed by atoms with E-state index in [1.165, 1.54) is 0 Å². The highest BCUT2D eigenvalue weighted by molar-refractivity contribution is 8.08. The zero-order valence-electron chi connectivity index (χ0n) is 8.40. The molecular formula is C6H15N3O3P2-2. The Morgan fingerprint density at radius 1 is 1.43 bits per heavy atom. The largest absolute Gasteiger partial charge is 0.761 e. The second kappa shape index (κ2) is 5.81. The Balaban J connectivity index is 3.70. The van der Waals surface area contributed by atoms with Crippen molar-refractivity contribution in [3.63, 3.8) is 0 Å². The predicted octanol–water partition coefficient (Wildman–Crippen LogP) is 1.85. The number of hydrogen-bond acceptors (Lipinski definition) is 6. The summed E-state index contributed by atoms with van der Waals surface area (Å²) in [7, 11) is -0.452. The minimum absolute atomic E-state index is 0.0763. The third kappa shape index (κ3) is 5.70. The van der Waals surface area contributed by atoms with Crippen molar-refractivity contribution in [3.8, 4) is 0 Å². The fourth-order valence-electron chi connectivity index (χ4n) is 0.312. The van der Waals surface area contributed by atoms with E-state index in [0.717, 1.165) is 0 Å². The maximum Gasteiger partial charge on any atom is 0.0838 e. The first-order valence-corrected chi connectivity index (χ1v) is 6.67. The lowest BCUT2D eigenvalue weighted by Crippen LogP contribution is -2.34. The number of hydrogen-bond donors (Lipinski definition) is 1. The molecule has 0 saturated carbocycles. The zero-order valence-corrected chi connectivity index (χ0v) is 10.4. The fraction of sp³-hybridized carbons (Fsp3) is 0.667. The highest BCUT2D eigenvalue weighted by Crippen LogP contribution is 2.42. The first-order valence-electron chi connectivity index (χ1n) is 3.81. The van der Waals surface area contributed by atoms with Crippen LogP contribution in [0.5, 0.6) is 0 Å². The Labute approximate surface area is 87.2 Å². The smallest absolute Gasteiger partial charge is 0.0838 e. The lowest BCUT2D eigenvalue weighted by molar-refractivity contribution is -0.0635. The second-order valence-corrected chi connectivity index (χ2v) is 5.82. The van der Waals surface area contributed by atoms with Crippen molar-refractivity contribution in [2.45, 2.75) is 26.3 Å². The monoisotopic (exact) mass is 239 g/mol. The molecule has 0 fully saturated rings. The maximum atomic E-state index is 11.1. The van der Waals surface area contributed by atoms with Crippen molar-refractivity contribution < 1.29 is 4.62 Å². The molecule has 0 aliphatic heterocycles. The Morgan fingerprint density at radius 3 is 2.29 bits per heavy atom. The first-order chi connectivity index (χ1) is 6.25. The Kier molecular flexibility index (Phi) is 5.83. The lowest BCUT2D eigenvalue weighted by atomic mass is 10.1. The molecular weight excluding hydrogens is 224 g/mol. The third-order valence-electron chi connectivity index (χ3n) is 1.08. The molecule has 0 aromatic carbocycles. The van der Waals surface area contributed by atoms with Crippen LogP contribution >= 0.6 is 16.9 Å². The molecule has 0 aliphatic carbocycles. The molecule has 14 heavy (non-hydrogen) atoms. The molecule has 6 nitrogen and oxygen atoms in total. The highest BCUT2D eigenvalue weighted by atomic mass is 32.0. The molecule has 0 rings (SSSR count). The Hall–Kier alpha value is 0.0400. The number of nitrogens with zero attached hydrogens (tertiary/aromatic N) is 2. The van der Waals surface area contributed by atoms with Crippen molar-refractivity contribution in [2.75, 3.05) is 0 Å². The molecule has 0 aliphatic rings. The summed E-state index contributed by atoms with van der Waals surface area (Å²) in [5, 5.41) is 22.5. The van der Waals surface area contributed by atoms with Crippen LogP contribution in [0.2, 0.25) is 0 Å². The van der Waals surface area contributed by atoms with Gasteiger partial charge in [0, 0.05) is 14.0 Å². The third-order valence-corrected chi connectivity index (χ3v) is 3.08. The molecule has 8 heteroatoms. The summed E-state index contributed by atoms with van der Waals surface area (Å²) in [6.07, 6.45) is 0. The SMILES string of the molecule is C=C(N)N([O-])PPON([O-])C(C)(C)C. The molecule has 0 heterocycles. The van der Waals surface area contributed by atoms with Crippen LogP contribution in [0, 0.1) is 10.4 Å². The standard InChI is InChI=1S/C6H15N3O3P2/c1-5(7)8(10)13-14-12-9(11)6(2,3)4/h13-14H,1,7H2,2-4H3/q-2. The Bertz CT molecular complexity index is 197. The van der Waals surface area contributed by atoms with Crippen LogP contribution in [0.4, 0.5) is 0 Å². The minimum atomic E-state index is -0.620. The average Bonchev–Trinajstić information content (AvgIpc) is 2.01. The Morgan fingerprint density at radius 2 is 1.93 bits per heavy atom. The highest BCUT2D eigenvalue weighted by Gasteiger charge is 2.12. The van der Waals surface area contributed by atoms with Gasteiger partial charge in [0.05, 0.1) is 14.3 Å². The van der Waals surface area contributed by atoms with Crippen molar-refractivity contribution in [2.24, 2.45) is 5.73 Å². The van der Waals surface area contributed by atoms with Crippen molar-refractivity contribution in [1.29, 1.82) is 0 Å². The number of nitrogens with two attached hydrogens (primary N) is 1. The van der Waals surface area contributed by atoms with Crippen LogP contribution < -0.4 is 5.73 Å². The lowest BCUT2D eigenvalue weighted by Gasteiger charge is -2.40. The summed E-state index contributed by atoms with van der Waals surface area (Å²) in [6, 6.07) is 0. The van der Waals surface area contributed by atoms with Gasteiger partial charge in [-0.05, 0) is 20.8 Å². The van der Waals surface area contributed by atoms with Gasteiger partial charge in [0.1, 0.15) is 0 Å². The van der Waals surface area contributed by atoms with Crippen LogP contribution in [-0.2, 0) is 4.62 Å². The van der Waals surface area contributed by atoms with E-state index < -0.39 is 5.54 Å². The van der Waals surface area contributed by atoms with Gasteiger partial charge in [-0.25, -0.2) is 0 Å². The van der Waals surface area contributed by atoms with Crippen molar-refractivity contribution in [3.05, 3.63) is 22.8 Å². The zero-order chi connectivity index (χ0) is 11.4. The second-order valence-electron chi connectivity index (χ2n) is 3.52. The van der Waals surface area contributed by atoms with E-state index in [9.17, 15) is 10.4 Å². The van der Waals surface area contributed by atoms with Crippen LogP contribution in [0.1, 0.15) is 20.8 Å². The minimum Gasteiger partial charge on any atom is -0.761 e.